The fourth-order valence-electron chi connectivity index (χ4n) is 3.56. The van der Waals surface area contributed by atoms with Gasteiger partial charge in [0.15, 0.2) is 0 Å². The number of hydrogen-bond acceptors (Lipinski definition) is 6. The third-order valence-electron chi connectivity index (χ3n) is 5.29. The van der Waals surface area contributed by atoms with Crippen molar-refractivity contribution < 1.29 is 9.72 Å². The van der Waals surface area contributed by atoms with Crippen LogP contribution in [-0.2, 0) is 4.79 Å². The van der Waals surface area contributed by atoms with Gasteiger partial charge in [0, 0.05) is 28.9 Å². The van der Waals surface area contributed by atoms with Gasteiger partial charge in [-0.05, 0) is 30.2 Å². The number of benzene rings is 3. The Kier molecular flexibility index (Phi) is 7.19. The summed E-state index contributed by atoms with van der Waals surface area (Å²) in [5, 5.41) is 24.2. The summed E-state index contributed by atoms with van der Waals surface area (Å²) in [5.74, 6) is -0.283. The Morgan fingerprint density at radius 2 is 1.69 bits per heavy atom. The van der Waals surface area contributed by atoms with E-state index in [9.17, 15) is 20.2 Å². The van der Waals surface area contributed by atoms with Crippen LogP contribution < -0.4 is 5.32 Å². The number of hydrogen-bond donors (Lipinski definition) is 1. The highest BCUT2D eigenvalue weighted by Crippen LogP contribution is 2.34. The Labute approximate surface area is 206 Å². The number of aryl methyl sites for hydroxylation is 1. The average Bonchev–Trinajstić information content (AvgIpc) is 2.89. The first-order valence-corrected chi connectivity index (χ1v) is 11.7. The second kappa shape index (κ2) is 10.6. The molecule has 8 heteroatoms. The number of non-ortho nitro benzene ring substituents is 1. The molecular weight excluding hydrogens is 460 g/mol. The lowest BCUT2D eigenvalue weighted by Crippen LogP contribution is -2.15. The molecule has 0 bridgehead atoms. The van der Waals surface area contributed by atoms with Crippen molar-refractivity contribution in [3.8, 4) is 28.5 Å². The van der Waals surface area contributed by atoms with Gasteiger partial charge in [0.2, 0.25) is 5.91 Å². The first-order chi connectivity index (χ1) is 17.0. The van der Waals surface area contributed by atoms with Gasteiger partial charge in [-0.25, -0.2) is 4.98 Å². The number of carbonyl (C=O) groups excluding carboxylic acids is 1. The minimum Gasteiger partial charge on any atom is -0.325 e. The number of rotatable bonds is 7. The third kappa shape index (κ3) is 5.54. The van der Waals surface area contributed by atoms with Crippen LogP contribution in [0.25, 0.3) is 22.4 Å². The molecule has 0 radical (unpaired) electrons. The fourth-order valence-corrected chi connectivity index (χ4v) is 4.36. The summed E-state index contributed by atoms with van der Waals surface area (Å²) in [6.07, 6.45) is 0. The number of carbonyl (C=O) groups is 1. The molecule has 0 fully saturated rings. The molecule has 0 atom stereocenters. The van der Waals surface area contributed by atoms with E-state index in [0.717, 1.165) is 16.7 Å². The Morgan fingerprint density at radius 3 is 2.29 bits per heavy atom. The van der Waals surface area contributed by atoms with Crippen molar-refractivity contribution in [3.05, 3.63) is 106 Å². The summed E-state index contributed by atoms with van der Waals surface area (Å²) in [5.41, 5.74) is 4.69. The summed E-state index contributed by atoms with van der Waals surface area (Å²) in [6, 6.07) is 27.7. The maximum Gasteiger partial charge on any atom is 0.269 e. The van der Waals surface area contributed by atoms with Crippen LogP contribution in [0.1, 0.15) is 11.1 Å². The Morgan fingerprint density at radius 1 is 1.03 bits per heavy atom. The van der Waals surface area contributed by atoms with Gasteiger partial charge in [0.1, 0.15) is 11.1 Å². The van der Waals surface area contributed by atoms with Gasteiger partial charge in [0.25, 0.3) is 5.69 Å². The SMILES string of the molecule is Cc1cc([N+](=O)[O-])ccc1NC(=O)CSc1nc(-c2ccccc2)cc(-c2ccccc2)c1C#N. The zero-order valence-corrected chi connectivity index (χ0v) is 19.6. The van der Waals surface area contributed by atoms with E-state index in [1.807, 2.05) is 66.7 Å². The Balaban J connectivity index is 1.63. The average molecular weight is 481 g/mol. The number of nitro benzene ring substituents is 1. The van der Waals surface area contributed by atoms with Gasteiger partial charge >= 0.3 is 0 Å². The maximum atomic E-state index is 12.7. The lowest BCUT2D eigenvalue weighted by molar-refractivity contribution is -0.384. The minimum atomic E-state index is -0.479. The van der Waals surface area contributed by atoms with Crippen molar-refractivity contribution in [3.63, 3.8) is 0 Å². The van der Waals surface area contributed by atoms with Crippen molar-refractivity contribution in [1.82, 2.24) is 4.98 Å². The molecule has 0 aliphatic rings. The van der Waals surface area contributed by atoms with Crippen LogP contribution in [0, 0.1) is 28.4 Å². The summed E-state index contributed by atoms with van der Waals surface area (Å²) in [6.45, 7) is 1.70. The number of thioether (sulfide) groups is 1. The molecule has 35 heavy (non-hydrogen) atoms. The molecular formula is C27H20N4O3S. The molecule has 0 spiro atoms. The van der Waals surface area contributed by atoms with Gasteiger partial charge in [-0.2, -0.15) is 5.26 Å². The fraction of sp³-hybridized carbons (Fsp3) is 0.0741. The molecule has 1 N–H and O–H groups in total. The number of nitriles is 1. The Bertz CT molecular complexity index is 1430. The summed E-state index contributed by atoms with van der Waals surface area (Å²) >= 11 is 1.18. The quantitative estimate of drug-likeness (QED) is 0.191. The predicted octanol–water partition coefficient (Wildman–Crippen LogP) is 6.23. The first kappa shape index (κ1) is 23.7. The van der Waals surface area contributed by atoms with E-state index in [1.54, 1.807) is 6.92 Å². The number of pyridine rings is 1. The molecule has 0 saturated heterocycles. The number of aromatic nitrogens is 1. The molecule has 1 aromatic heterocycles. The molecule has 3 aromatic carbocycles. The highest BCUT2D eigenvalue weighted by atomic mass is 32.2. The number of anilines is 1. The molecule has 7 nitrogen and oxygen atoms in total. The van der Waals surface area contributed by atoms with E-state index in [1.165, 1.54) is 30.0 Å². The highest BCUT2D eigenvalue weighted by molar-refractivity contribution is 8.00. The first-order valence-electron chi connectivity index (χ1n) is 10.7. The summed E-state index contributed by atoms with van der Waals surface area (Å²) < 4.78 is 0. The van der Waals surface area contributed by atoms with Crippen molar-refractivity contribution >= 4 is 29.0 Å². The van der Waals surface area contributed by atoms with Crippen molar-refractivity contribution in [2.75, 3.05) is 11.1 Å². The maximum absolute atomic E-state index is 12.7. The van der Waals surface area contributed by atoms with Crippen LogP contribution in [0.15, 0.2) is 90.0 Å². The number of nitro groups is 1. The second-order valence-corrected chi connectivity index (χ2v) is 8.64. The third-order valence-corrected chi connectivity index (χ3v) is 6.26. The molecule has 0 aliphatic heterocycles. The molecule has 172 valence electrons. The molecule has 4 aromatic rings. The molecule has 4 rings (SSSR count). The minimum absolute atomic E-state index is 0.0184. The molecule has 0 saturated carbocycles. The molecule has 0 aliphatic carbocycles. The standard InChI is InChI=1S/C27H20N4O3S/c1-18-14-21(31(33)34)12-13-24(18)29-26(32)17-35-27-23(16-28)22(19-8-4-2-5-9-19)15-25(30-27)20-10-6-3-7-11-20/h2-15H,17H2,1H3,(H,29,32). The van der Waals surface area contributed by atoms with Gasteiger partial charge in [-0.15, -0.1) is 0 Å². The van der Waals surface area contributed by atoms with Crippen LogP contribution in [0.3, 0.4) is 0 Å². The normalized spacial score (nSPS) is 10.4. The molecule has 1 amide bonds. The van der Waals surface area contributed by atoms with Crippen molar-refractivity contribution in [2.24, 2.45) is 0 Å². The van der Waals surface area contributed by atoms with Crippen LogP contribution in [0.4, 0.5) is 11.4 Å². The number of nitrogens with one attached hydrogen (secondary N) is 1. The topological polar surface area (TPSA) is 109 Å². The lowest BCUT2D eigenvalue weighted by Gasteiger charge is -2.13. The van der Waals surface area contributed by atoms with E-state index in [2.05, 4.69) is 11.4 Å². The van der Waals surface area contributed by atoms with Gasteiger partial charge in [0.05, 0.1) is 21.9 Å². The number of nitrogens with zero attached hydrogens (tertiary/aromatic N) is 3. The zero-order valence-electron chi connectivity index (χ0n) is 18.8. The lowest BCUT2D eigenvalue weighted by atomic mass is 9.99. The molecule has 1 heterocycles. The van der Waals surface area contributed by atoms with Crippen LogP contribution >= 0.6 is 11.8 Å². The highest BCUT2D eigenvalue weighted by Gasteiger charge is 2.17. The van der Waals surface area contributed by atoms with Crippen LogP contribution in [0.5, 0.6) is 0 Å². The van der Waals surface area contributed by atoms with E-state index < -0.39 is 4.92 Å². The van der Waals surface area contributed by atoms with Gasteiger partial charge in [-0.1, -0.05) is 72.4 Å². The van der Waals surface area contributed by atoms with E-state index in [-0.39, 0.29) is 17.3 Å². The smallest absolute Gasteiger partial charge is 0.269 e. The summed E-state index contributed by atoms with van der Waals surface area (Å²) in [7, 11) is 0. The largest absolute Gasteiger partial charge is 0.325 e. The van der Waals surface area contributed by atoms with E-state index >= 15 is 0 Å². The van der Waals surface area contributed by atoms with Crippen molar-refractivity contribution in [2.45, 2.75) is 11.9 Å². The van der Waals surface area contributed by atoms with Crippen LogP contribution in [0.2, 0.25) is 0 Å². The number of amides is 1. The van der Waals surface area contributed by atoms with E-state index in [0.29, 0.717) is 27.5 Å². The Hall–Kier alpha value is -4.48. The second-order valence-electron chi connectivity index (χ2n) is 7.67. The van der Waals surface area contributed by atoms with Crippen molar-refractivity contribution in [1.29, 1.82) is 5.26 Å². The predicted molar refractivity (Wildman–Crippen MR) is 137 cm³/mol. The molecule has 0 unspecified atom stereocenters. The van der Waals surface area contributed by atoms with Crippen LogP contribution in [-0.4, -0.2) is 21.6 Å². The monoisotopic (exact) mass is 480 g/mol. The summed E-state index contributed by atoms with van der Waals surface area (Å²) in [4.78, 5) is 27.9. The zero-order chi connectivity index (χ0) is 24.8. The van der Waals surface area contributed by atoms with Gasteiger partial charge < -0.3 is 5.32 Å². The van der Waals surface area contributed by atoms with Gasteiger partial charge in [-0.3, -0.25) is 14.9 Å². The van der Waals surface area contributed by atoms with E-state index in [4.69, 9.17) is 4.98 Å².